The molecule has 0 radical (unpaired) electrons. The lowest BCUT2D eigenvalue weighted by Crippen LogP contribution is -2.60. The number of ether oxygens (including phenoxy) is 2. The summed E-state index contributed by atoms with van der Waals surface area (Å²) in [6, 6.07) is 5.54. The van der Waals surface area contributed by atoms with Crippen LogP contribution in [0.15, 0.2) is 24.3 Å². The molecule has 0 bridgehead atoms. The molecular weight excluding hydrogens is 235 g/mol. The molecule has 0 aliphatic carbocycles. The fraction of sp³-hybridized carbons (Fsp3) is 0.455. The molecule has 17 heavy (non-hydrogen) atoms. The van der Waals surface area contributed by atoms with Crippen LogP contribution in [-0.2, 0) is 0 Å². The lowest BCUT2D eigenvalue weighted by atomic mass is 10.00. The van der Waals surface area contributed by atoms with E-state index in [4.69, 9.17) is 4.74 Å². The predicted molar refractivity (Wildman–Crippen MR) is 55.0 cm³/mol. The molecule has 0 amide bonds. The van der Waals surface area contributed by atoms with Crippen LogP contribution in [0.5, 0.6) is 11.5 Å². The van der Waals surface area contributed by atoms with Gasteiger partial charge in [0.15, 0.2) is 0 Å². The zero-order valence-electron chi connectivity index (χ0n) is 9.17. The molecule has 1 saturated heterocycles. The predicted octanol–water partition coefficient (Wildman–Crippen LogP) is 2.33. The molecule has 6 heteroatoms. The average molecular weight is 247 g/mol. The van der Waals surface area contributed by atoms with E-state index in [1.54, 1.807) is 6.07 Å². The fourth-order valence-electron chi connectivity index (χ4n) is 1.57. The summed E-state index contributed by atoms with van der Waals surface area (Å²) in [5, 5.41) is 3.04. The molecule has 0 aromatic heterocycles. The molecule has 0 atom stereocenters. The first kappa shape index (κ1) is 12.0. The minimum absolute atomic E-state index is 0.272. The third-order valence-electron chi connectivity index (χ3n) is 2.40. The molecule has 3 nitrogen and oxygen atoms in total. The minimum atomic E-state index is -4.68. The first-order chi connectivity index (χ1) is 7.86. The van der Waals surface area contributed by atoms with Gasteiger partial charge in [0, 0.05) is 19.2 Å². The molecule has 1 aromatic carbocycles. The molecule has 1 aliphatic heterocycles. The second-order valence-electron chi connectivity index (χ2n) is 4.18. The van der Waals surface area contributed by atoms with E-state index in [2.05, 4.69) is 10.1 Å². The van der Waals surface area contributed by atoms with Crippen molar-refractivity contribution in [1.29, 1.82) is 0 Å². The fourth-order valence-corrected chi connectivity index (χ4v) is 1.57. The van der Waals surface area contributed by atoms with Crippen LogP contribution < -0.4 is 14.8 Å². The van der Waals surface area contributed by atoms with Crippen LogP contribution in [-0.4, -0.2) is 25.1 Å². The normalized spacial score (nSPS) is 18.4. The standard InChI is InChI=1S/C11H12F3NO2/c1-10(6-15-7-10)16-8-3-2-4-9(5-8)17-11(12,13)14/h2-5,15H,6-7H2,1H3. The molecule has 1 aliphatic rings. The van der Waals surface area contributed by atoms with Gasteiger partial charge in [-0.3, -0.25) is 0 Å². The Morgan fingerprint density at radius 1 is 1.24 bits per heavy atom. The number of hydrogen-bond acceptors (Lipinski definition) is 3. The van der Waals surface area contributed by atoms with E-state index in [0.29, 0.717) is 18.8 Å². The van der Waals surface area contributed by atoms with E-state index in [1.165, 1.54) is 18.2 Å². The Morgan fingerprint density at radius 3 is 2.41 bits per heavy atom. The Balaban J connectivity index is 2.06. The summed E-state index contributed by atoms with van der Waals surface area (Å²) >= 11 is 0. The average Bonchev–Trinajstić information content (AvgIpc) is 2.13. The summed E-state index contributed by atoms with van der Waals surface area (Å²) in [7, 11) is 0. The van der Waals surface area contributed by atoms with Gasteiger partial charge in [-0.05, 0) is 19.1 Å². The number of alkyl halides is 3. The quantitative estimate of drug-likeness (QED) is 0.889. The molecule has 1 aromatic rings. The van der Waals surface area contributed by atoms with Gasteiger partial charge in [-0.15, -0.1) is 13.2 Å². The maximum Gasteiger partial charge on any atom is 0.573 e. The monoisotopic (exact) mass is 247 g/mol. The molecule has 0 spiro atoms. The van der Waals surface area contributed by atoms with Crippen molar-refractivity contribution in [3.05, 3.63) is 24.3 Å². The summed E-state index contributed by atoms with van der Waals surface area (Å²) in [6.07, 6.45) is -4.68. The van der Waals surface area contributed by atoms with E-state index < -0.39 is 6.36 Å². The molecule has 1 N–H and O–H groups in total. The Labute approximate surface area is 96.5 Å². The van der Waals surface area contributed by atoms with Gasteiger partial charge in [0.1, 0.15) is 17.1 Å². The lowest BCUT2D eigenvalue weighted by Gasteiger charge is -2.39. The van der Waals surface area contributed by atoms with Crippen molar-refractivity contribution in [2.75, 3.05) is 13.1 Å². The molecule has 1 fully saturated rings. The van der Waals surface area contributed by atoms with Gasteiger partial charge in [-0.1, -0.05) is 6.07 Å². The topological polar surface area (TPSA) is 30.5 Å². The van der Waals surface area contributed by atoms with Crippen molar-refractivity contribution in [2.45, 2.75) is 18.9 Å². The highest BCUT2D eigenvalue weighted by Gasteiger charge is 2.34. The molecule has 94 valence electrons. The molecule has 0 unspecified atom stereocenters. The van der Waals surface area contributed by atoms with Gasteiger partial charge in [-0.2, -0.15) is 0 Å². The van der Waals surface area contributed by atoms with Crippen molar-refractivity contribution >= 4 is 0 Å². The van der Waals surface area contributed by atoms with Crippen molar-refractivity contribution in [2.24, 2.45) is 0 Å². The van der Waals surface area contributed by atoms with E-state index in [0.717, 1.165) is 0 Å². The lowest BCUT2D eigenvalue weighted by molar-refractivity contribution is -0.274. The second-order valence-corrected chi connectivity index (χ2v) is 4.18. The summed E-state index contributed by atoms with van der Waals surface area (Å²) in [5.74, 6) is 0.0987. The van der Waals surface area contributed by atoms with Gasteiger partial charge in [0.2, 0.25) is 0 Å². The van der Waals surface area contributed by atoms with Crippen LogP contribution in [0.1, 0.15) is 6.92 Å². The Kier molecular flexibility index (Phi) is 2.91. The number of nitrogens with one attached hydrogen (secondary N) is 1. The Hall–Kier alpha value is -1.43. The van der Waals surface area contributed by atoms with Gasteiger partial charge >= 0.3 is 6.36 Å². The zero-order chi connectivity index (χ0) is 12.5. The van der Waals surface area contributed by atoms with Crippen LogP contribution in [0.25, 0.3) is 0 Å². The molecule has 1 heterocycles. The summed E-state index contributed by atoms with van der Waals surface area (Å²) < 4.78 is 45.4. The van der Waals surface area contributed by atoms with Crippen LogP contribution in [0.2, 0.25) is 0 Å². The first-order valence-electron chi connectivity index (χ1n) is 5.12. The van der Waals surface area contributed by atoms with Gasteiger partial charge in [-0.25, -0.2) is 0 Å². The second kappa shape index (κ2) is 4.10. The van der Waals surface area contributed by atoms with Crippen molar-refractivity contribution < 1.29 is 22.6 Å². The van der Waals surface area contributed by atoms with E-state index in [9.17, 15) is 13.2 Å². The van der Waals surface area contributed by atoms with Crippen LogP contribution in [0.4, 0.5) is 13.2 Å². The van der Waals surface area contributed by atoms with Crippen molar-refractivity contribution in [3.8, 4) is 11.5 Å². The highest BCUT2D eigenvalue weighted by Crippen LogP contribution is 2.28. The highest BCUT2D eigenvalue weighted by atomic mass is 19.4. The largest absolute Gasteiger partial charge is 0.573 e. The molecule has 2 rings (SSSR count). The van der Waals surface area contributed by atoms with E-state index in [1.807, 2.05) is 6.92 Å². The number of benzene rings is 1. The van der Waals surface area contributed by atoms with Crippen LogP contribution in [0, 0.1) is 0 Å². The number of hydrogen-bond donors (Lipinski definition) is 1. The highest BCUT2D eigenvalue weighted by molar-refractivity contribution is 5.33. The van der Waals surface area contributed by atoms with Crippen LogP contribution >= 0.6 is 0 Å². The first-order valence-corrected chi connectivity index (χ1v) is 5.12. The number of halogens is 3. The smallest absolute Gasteiger partial charge is 0.485 e. The summed E-state index contributed by atoms with van der Waals surface area (Å²) in [6.45, 7) is 3.25. The van der Waals surface area contributed by atoms with Gasteiger partial charge in [0.05, 0.1) is 0 Å². The maximum absolute atomic E-state index is 12.0. The summed E-state index contributed by atoms with van der Waals surface area (Å²) in [5.41, 5.74) is -0.350. The van der Waals surface area contributed by atoms with Gasteiger partial charge < -0.3 is 14.8 Å². The maximum atomic E-state index is 12.0. The number of rotatable bonds is 3. The Bertz CT molecular complexity index is 402. The van der Waals surface area contributed by atoms with Gasteiger partial charge in [0.25, 0.3) is 0 Å². The van der Waals surface area contributed by atoms with E-state index >= 15 is 0 Å². The Morgan fingerprint density at radius 2 is 1.88 bits per heavy atom. The third kappa shape index (κ3) is 3.26. The van der Waals surface area contributed by atoms with Crippen molar-refractivity contribution in [3.63, 3.8) is 0 Å². The minimum Gasteiger partial charge on any atom is -0.485 e. The molecule has 0 saturated carbocycles. The van der Waals surface area contributed by atoms with E-state index in [-0.39, 0.29) is 11.4 Å². The molecular formula is C11H12F3NO2. The van der Waals surface area contributed by atoms with Crippen LogP contribution in [0.3, 0.4) is 0 Å². The third-order valence-corrected chi connectivity index (χ3v) is 2.40. The zero-order valence-corrected chi connectivity index (χ0v) is 9.17. The summed E-state index contributed by atoms with van der Waals surface area (Å²) in [4.78, 5) is 0. The van der Waals surface area contributed by atoms with Crippen molar-refractivity contribution in [1.82, 2.24) is 5.32 Å². The SMILES string of the molecule is CC1(Oc2cccc(OC(F)(F)F)c2)CNC1.